The zero-order valence-electron chi connectivity index (χ0n) is 12.7. The molecule has 1 unspecified atom stereocenters. The first-order valence-corrected chi connectivity index (χ1v) is 7.37. The summed E-state index contributed by atoms with van der Waals surface area (Å²) in [4.78, 5) is 27.0. The monoisotopic (exact) mass is 332 g/mol. The van der Waals surface area contributed by atoms with Crippen LogP contribution in [0, 0.1) is 0 Å². The molecule has 2 N–H and O–H groups in total. The van der Waals surface area contributed by atoms with E-state index in [0.717, 1.165) is 6.42 Å². The van der Waals surface area contributed by atoms with Crippen LogP contribution in [-0.4, -0.2) is 51.1 Å². The van der Waals surface area contributed by atoms with E-state index < -0.39 is 5.97 Å². The number of anilines is 1. The highest BCUT2D eigenvalue weighted by atomic mass is 16.5. The predicted molar refractivity (Wildman–Crippen MR) is 81.9 cm³/mol. The van der Waals surface area contributed by atoms with Crippen molar-refractivity contribution in [3.8, 4) is 5.88 Å². The largest absolute Gasteiger partial charge is 0.480 e. The maximum absolute atomic E-state index is 12.3. The van der Waals surface area contributed by atoms with E-state index in [1.165, 1.54) is 23.1 Å². The molecular weight excluding hydrogens is 316 g/mol. The normalized spacial score (nSPS) is 16.8. The van der Waals surface area contributed by atoms with Crippen LogP contribution in [-0.2, 0) is 16.1 Å². The van der Waals surface area contributed by atoms with Crippen molar-refractivity contribution in [1.82, 2.24) is 14.8 Å². The van der Waals surface area contributed by atoms with Crippen molar-refractivity contribution in [2.45, 2.75) is 19.1 Å². The Morgan fingerprint density at radius 1 is 1.46 bits per heavy atom. The van der Waals surface area contributed by atoms with Crippen molar-refractivity contribution >= 4 is 17.7 Å². The van der Waals surface area contributed by atoms with Gasteiger partial charge in [-0.25, -0.2) is 4.98 Å². The molecular formula is C15H16N4O5. The summed E-state index contributed by atoms with van der Waals surface area (Å²) < 4.78 is 12.1. The molecule has 0 radical (unpaired) electrons. The number of hydrogen-bond acceptors (Lipinski definition) is 6. The predicted octanol–water partition coefficient (Wildman–Crippen LogP) is 0.783. The number of nitrogens with zero attached hydrogens (tertiary/aromatic N) is 3. The highest BCUT2D eigenvalue weighted by Crippen LogP contribution is 2.16. The zero-order valence-corrected chi connectivity index (χ0v) is 12.7. The first-order chi connectivity index (χ1) is 11.6. The number of carbonyl (C=O) groups is 2. The zero-order chi connectivity index (χ0) is 16.9. The number of nitrogens with one attached hydrogen (secondary N) is 1. The van der Waals surface area contributed by atoms with E-state index in [0.29, 0.717) is 24.7 Å². The maximum Gasteiger partial charge on any atom is 0.325 e. The standard InChI is InChI=1S/C15H16N4O5/c20-14(21)8-19-5-2-12(18-19)17-15(22)10-1-4-16-13(7-10)24-11-3-6-23-9-11/h1-2,4-5,7,11H,3,6,8-9H2,(H,20,21)(H,17,18,22). The lowest BCUT2D eigenvalue weighted by atomic mass is 10.2. The Hall–Kier alpha value is -2.94. The molecule has 9 heteroatoms. The minimum absolute atomic E-state index is 0.0532. The second kappa shape index (κ2) is 7.09. The molecule has 3 rings (SSSR count). The molecule has 1 fully saturated rings. The summed E-state index contributed by atoms with van der Waals surface area (Å²) in [7, 11) is 0. The van der Waals surface area contributed by atoms with E-state index in [9.17, 15) is 9.59 Å². The molecule has 1 amide bonds. The van der Waals surface area contributed by atoms with E-state index >= 15 is 0 Å². The highest BCUT2D eigenvalue weighted by Gasteiger charge is 2.18. The molecule has 2 aromatic heterocycles. The van der Waals surface area contributed by atoms with E-state index in [2.05, 4.69) is 15.4 Å². The molecule has 1 atom stereocenters. The minimum Gasteiger partial charge on any atom is -0.480 e. The average molecular weight is 332 g/mol. The Morgan fingerprint density at radius 2 is 2.33 bits per heavy atom. The fourth-order valence-corrected chi connectivity index (χ4v) is 2.24. The summed E-state index contributed by atoms with van der Waals surface area (Å²) in [6.07, 6.45) is 3.70. The van der Waals surface area contributed by atoms with Gasteiger partial charge in [-0.15, -0.1) is 0 Å². The maximum atomic E-state index is 12.3. The Balaban J connectivity index is 1.63. The van der Waals surface area contributed by atoms with E-state index in [-0.39, 0.29) is 24.4 Å². The van der Waals surface area contributed by atoms with Crippen LogP contribution in [0.25, 0.3) is 0 Å². The highest BCUT2D eigenvalue weighted by molar-refractivity contribution is 6.03. The van der Waals surface area contributed by atoms with Crippen LogP contribution in [0.1, 0.15) is 16.8 Å². The van der Waals surface area contributed by atoms with E-state index in [4.69, 9.17) is 14.6 Å². The third-order valence-electron chi connectivity index (χ3n) is 3.35. The number of amides is 1. The van der Waals surface area contributed by atoms with Crippen LogP contribution in [0.15, 0.2) is 30.6 Å². The van der Waals surface area contributed by atoms with E-state index in [1.54, 1.807) is 12.1 Å². The van der Waals surface area contributed by atoms with Crippen LogP contribution in [0.5, 0.6) is 5.88 Å². The summed E-state index contributed by atoms with van der Waals surface area (Å²) in [5, 5.41) is 15.3. The number of aliphatic carboxylic acids is 1. The van der Waals surface area contributed by atoms with Crippen LogP contribution in [0.3, 0.4) is 0 Å². The van der Waals surface area contributed by atoms with Crippen molar-refractivity contribution in [2.75, 3.05) is 18.5 Å². The number of aromatic nitrogens is 3. The van der Waals surface area contributed by atoms with Crippen molar-refractivity contribution < 1.29 is 24.2 Å². The number of ether oxygens (including phenoxy) is 2. The second-order valence-corrected chi connectivity index (χ2v) is 5.23. The van der Waals surface area contributed by atoms with Gasteiger partial charge in [0.25, 0.3) is 5.91 Å². The molecule has 126 valence electrons. The van der Waals surface area contributed by atoms with Crippen molar-refractivity contribution in [2.24, 2.45) is 0 Å². The van der Waals surface area contributed by atoms with Gasteiger partial charge in [-0.3, -0.25) is 14.3 Å². The smallest absolute Gasteiger partial charge is 0.325 e. The summed E-state index contributed by atoms with van der Waals surface area (Å²) in [6, 6.07) is 4.62. The summed E-state index contributed by atoms with van der Waals surface area (Å²) in [5.41, 5.74) is 0.367. The number of pyridine rings is 1. The molecule has 0 aromatic carbocycles. The quantitative estimate of drug-likeness (QED) is 0.803. The molecule has 0 aliphatic carbocycles. The fourth-order valence-electron chi connectivity index (χ4n) is 2.24. The van der Waals surface area contributed by atoms with Gasteiger partial charge >= 0.3 is 5.97 Å². The van der Waals surface area contributed by atoms with Crippen LogP contribution >= 0.6 is 0 Å². The van der Waals surface area contributed by atoms with Gasteiger partial charge in [0.05, 0.1) is 13.2 Å². The van der Waals surface area contributed by atoms with Crippen molar-refractivity contribution in [3.05, 3.63) is 36.2 Å². The number of hydrogen-bond donors (Lipinski definition) is 2. The lowest BCUT2D eigenvalue weighted by Gasteiger charge is -2.11. The number of carboxylic acid groups (broad SMARTS) is 1. The van der Waals surface area contributed by atoms with Crippen molar-refractivity contribution in [1.29, 1.82) is 0 Å². The molecule has 3 heterocycles. The van der Waals surface area contributed by atoms with Gasteiger partial charge in [0.1, 0.15) is 12.6 Å². The molecule has 0 spiro atoms. The molecule has 2 aromatic rings. The van der Waals surface area contributed by atoms with Gasteiger partial charge in [-0.05, 0) is 6.07 Å². The summed E-state index contributed by atoms with van der Waals surface area (Å²) >= 11 is 0. The molecule has 0 saturated carbocycles. The number of carbonyl (C=O) groups excluding carboxylic acids is 1. The van der Waals surface area contributed by atoms with E-state index in [1.807, 2.05) is 0 Å². The first-order valence-electron chi connectivity index (χ1n) is 7.37. The Morgan fingerprint density at radius 3 is 3.08 bits per heavy atom. The third kappa shape index (κ3) is 4.07. The van der Waals surface area contributed by atoms with Gasteiger partial charge < -0.3 is 19.9 Å². The SMILES string of the molecule is O=C(O)Cn1ccc(NC(=O)c2ccnc(OC3CCOC3)c2)n1. The second-order valence-electron chi connectivity index (χ2n) is 5.23. The van der Waals surface area contributed by atoms with Crippen molar-refractivity contribution in [3.63, 3.8) is 0 Å². The minimum atomic E-state index is -1.01. The van der Waals surface area contributed by atoms with Gasteiger partial charge in [0, 0.05) is 36.5 Å². The number of carboxylic acids is 1. The van der Waals surface area contributed by atoms with Gasteiger partial charge in [0.2, 0.25) is 5.88 Å². The molecule has 9 nitrogen and oxygen atoms in total. The molecule has 1 aliphatic heterocycles. The molecule has 24 heavy (non-hydrogen) atoms. The third-order valence-corrected chi connectivity index (χ3v) is 3.35. The van der Waals surface area contributed by atoms with Gasteiger partial charge in [-0.1, -0.05) is 0 Å². The molecule has 1 aliphatic rings. The van der Waals surface area contributed by atoms with Crippen LogP contribution < -0.4 is 10.1 Å². The Kier molecular flexibility index (Phi) is 4.71. The summed E-state index contributed by atoms with van der Waals surface area (Å²) in [5.74, 6) is -0.771. The lowest BCUT2D eigenvalue weighted by molar-refractivity contribution is -0.137. The topological polar surface area (TPSA) is 116 Å². The lowest BCUT2D eigenvalue weighted by Crippen LogP contribution is -2.18. The average Bonchev–Trinajstić information content (AvgIpc) is 3.19. The number of rotatable bonds is 6. The summed E-state index contributed by atoms with van der Waals surface area (Å²) in [6.45, 7) is 0.898. The first kappa shape index (κ1) is 15.9. The van der Waals surface area contributed by atoms with Crippen LogP contribution in [0.4, 0.5) is 5.82 Å². The van der Waals surface area contributed by atoms with Crippen LogP contribution in [0.2, 0.25) is 0 Å². The van der Waals surface area contributed by atoms with Gasteiger partial charge in [-0.2, -0.15) is 5.10 Å². The fraction of sp³-hybridized carbons (Fsp3) is 0.333. The Labute approximate surface area is 137 Å². The van der Waals surface area contributed by atoms with Gasteiger partial charge in [0.15, 0.2) is 5.82 Å². The molecule has 0 bridgehead atoms. The Bertz CT molecular complexity index is 739. The molecule has 1 saturated heterocycles.